The van der Waals surface area contributed by atoms with Crippen LogP contribution in [-0.4, -0.2) is 41.5 Å². The number of carbonyl (C=O) groups excluding carboxylic acids is 2. The van der Waals surface area contributed by atoms with Crippen LogP contribution in [0.3, 0.4) is 0 Å². The van der Waals surface area contributed by atoms with Crippen LogP contribution in [-0.2, 0) is 27.4 Å². The summed E-state index contributed by atoms with van der Waals surface area (Å²) >= 11 is 1.47. The van der Waals surface area contributed by atoms with E-state index in [1.54, 1.807) is 4.90 Å². The van der Waals surface area contributed by atoms with Crippen LogP contribution >= 0.6 is 11.3 Å². The second-order valence-corrected chi connectivity index (χ2v) is 7.58. The van der Waals surface area contributed by atoms with E-state index < -0.39 is 6.04 Å². The van der Waals surface area contributed by atoms with Crippen molar-refractivity contribution in [2.24, 2.45) is 0 Å². The van der Waals surface area contributed by atoms with Crippen molar-refractivity contribution < 1.29 is 19.1 Å². The van der Waals surface area contributed by atoms with Gasteiger partial charge in [0, 0.05) is 11.9 Å². The summed E-state index contributed by atoms with van der Waals surface area (Å²) in [6.07, 6.45) is 2.69. The van der Waals surface area contributed by atoms with Gasteiger partial charge in [-0.15, -0.1) is 11.3 Å². The fourth-order valence-electron chi connectivity index (χ4n) is 3.14. The van der Waals surface area contributed by atoms with E-state index in [-0.39, 0.29) is 18.3 Å². The molecule has 2 aromatic rings. The number of amides is 1. The first-order chi connectivity index (χ1) is 13.1. The number of ether oxygens (including phenoxy) is 2. The lowest BCUT2D eigenvalue weighted by molar-refractivity contribution is -0.154. The van der Waals surface area contributed by atoms with Crippen LogP contribution in [0.5, 0.6) is 5.75 Å². The summed E-state index contributed by atoms with van der Waals surface area (Å²) in [6, 6.07) is 7.38. The van der Waals surface area contributed by atoms with Gasteiger partial charge in [0.2, 0.25) is 5.91 Å². The zero-order valence-corrected chi connectivity index (χ0v) is 16.5. The average molecular weight is 388 g/mol. The molecule has 0 spiro atoms. The van der Waals surface area contributed by atoms with Gasteiger partial charge in [0.25, 0.3) is 0 Å². The van der Waals surface area contributed by atoms with Crippen molar-refractivity contribution in [1.82, 2.24) is 9.88 Å². The van der Waals surface area contributed by atoms with E-state index in [9.17, 15) is 9.59 Å². The standard InChI is InChI=1S/C20H24N2O4S/c1-14-6-8-16(9-7-14)26-12-18-21-15(13-27-18)11-19(23)22-10-4-3-5-17(22)20(24)25-2/h6-9,13,17H,3-5,10-12H2,1-2H3. The minimum Gasteiger partial charge on any atom is -0.486 e. The number of aromatic nitrogens is 1. The zero-order chi connectivity index (χ0) is 19.2. The predicted octanol–water partition coefficient (Wildman–Crippen LogP) is 3.13. The van der Waals surface area contributed by atoms with Crippen molar-refractivity contribution in [3.8, 4) is 5.75 Å². The van der Waals surface area contributed by atoms with Crippen LogP contribution in [0, 0.1) is 6.92 Å². The van der Waals surface area contributed by atoms with Gasteiger partial charge < -0.3 is 14.4 Å². The first-order valence-electron chi connectivity index (χ1n) is 9.07. The van der Waals surface area contributed by atoms with E-state index in [1.807, 2.05) is 36.6 Å². The molecule has 1 amide bonds. The van der Waals surface area contributed by atoms with Crippen molar-refractivity contribution in [1.29, 1.82) is 0 Å². The summed E-state index contributed by atoms with van der Waals surface area (Å²) in [7, 11) is 1.36. The molecule has 1 aromatic carbocycles. The Morgan fingerprint density at radius 2 is 2.04 bits per heavy atom. The molecule has 7 heteroatoms. The average Bonchev–Trinajstić information content (AvgIpc) is 3.14. The molecule has 1 saturated heterocycles. The third kappa shape index (κ3) is 5.07. The molecule has 2 heterocycles. The minimum atomic E-state index is -0.473. The first-order valence-corrected chi connectivity index (χ1v) is 9.95. The summed E-state index contributed by atoms with van der Waals surface area (Å²) in [4.78, 5) is 30.7. The van der Waals surface area contributed by atoms with E-state index in [0.29, 0.717) is 25.3 Å². The van der Waals surface area contributed by atoms with Crippen LogP contribution in [0.1, 0.15) is 35.5 Å². The Bertz CT molecular complexity index is 788. The smallest absolute Gasteiger partial charge is 0.328 e. The molecule has 27 heavy (non-hydrogen) atoms. The molecular formula is C20H24N2O4S. The molecule has 1 fully saturated rings. The number of esters is 1. The van der Waals surface area contributed by atoms with Gasteiger partial charge in [-0.25, -0.2) is 9.78 Å². The molecule has 0 saturated carbocycles. The summed E-state index contributed by atoms with van der Waals surface area (Å²) in [5.74, 6) is 0.373. The SMILES string of the molecule is COC(=O)C1CCCCN1C(=O)Cc1csc(COc2ccc(C)cc2)n1. The zero-order valence-electron chi connectivity index (χ0n) is 15.6. The van der Waals surface area contributed by atoms with Gasteiger partial charge in [-0.2, -0.15) is 0 Å². The number of thiazole rings is 1. The maximum Gasteiger partial charge on any atom is 0.328 e. The van der Waals surface area contributed by atoms with E-state index >= 15 is 0 Å². The maximum atomic E-state index is 12.7. The third-order valence-electron chi connectivity index (χ3n) is 4.61. The van der Waals surface area contributed by atoms with E-state index in [4.69, 9.17) is 9.47 Å². The Balaban J connectivity index is 1.57. The summed E-state index contributed by atoms with van der Waals surface area (Å²) < 4.78 is 10.6. The molecule has 0 N–H and O–H groups in total. The fraction of sp³-hybridized carbons (Fsp3) is 0.450. The van der Waals surface area contributed by atoms with Crippen molar-refractivity contribution in [2.45, 2.75) is 45.3 Å². The third-order valence-corrected chi connectivity index (χ3v) is 5.48. The lowest BCUT2D eigenvalue weighted by Crippen LogP contribution is -2.49. The molecule has 1 unspecified atom stereocenters. The van der Waals surface area contributed by atoms with Crippen LogP contribution in [0.25, 0.3) is 0 Å². The summed E-state index contributed by atoms with van der Waals surface area (Å²) in [5, 5.41) is 2.70. The molecule has 1 aromatic heterocycles. The summed E-state index contributed by atoms with van der Waals surface area (Å²) in [5.41, 5.74) is 1.89. The maximum absolute atomic E-state index is 12.7. The van der Waals surface area contributed by atoms with E-state index in [1.165, 1.54) is 24.0 Å². The molecule has 0 aliphatic carbocycles. The number of carbonyl (C=O) groups is 2. The van der Waals surface area contributed by atoms with Crippen LogP contribution in [0.4, 0.5) is 0 Å². The monoisotopic (exact) mass is 388 g/mol. The largest absolute Gasteiger partial charge is 0.486 e. The number of rotatable bonds is 6. The normalized spacial score (nSPS) is 16.8. The van der Waals surface area contributed by atoms with Gasteiger partial charge >= 0.3 is 5.97 Å². The number of piperidine rings is 1. The molecule has 144 valence electrons. The van der Waals surface area contributed by atoms with Gasteiger partial charge in [-0.3, -0.25) is 4.79 Å². The van der Waals surface area contributed by atoms with Crippen LogP contribution in [0.2, 0.25) is 0 Å². The van der Waals surface area contributed by atoms with Crippen LogP contribution in [0.15, 0.2) is 29.6 Å². The number of methoxy groups -OCH3 is 1. The van der Waals surface area contributed by atoms with Crippen molar-refractivity contribution in [3.05, 3.63) is 45.9 Å². The van der Waals surface area contributed by atoms with Crippen molar-refractivity contribution >= 4 is 23.2 Å². The Hall–Kier alpha value is -2.41. The van der Waals surface area contributed by atoms with E-state index in [0.717, 1.165) is 23.6 Å². The Morgan fingerprint density at radius 3 is 2.78 bits per heavy atom. The molecule has 0 bridgehead atoms. The molecular weight excluding hydrogens is 364 g/mol. The molecule has 1 aliphatic heterocycles. The van der Waals surface area contributed by atoms with E-state index in [2.05, 4.69) is 4.98 Å². The number of likely N-dealkylation sites (tertiary alicyclic amines) is 1. The highest BCUT2D eigenvalue weighted by Gasteiger charge is 2.32. The minimum absolute atomic E-state index is 0.0820. The Kier molecular flexibility index (Phi) is 6.45. The second kappa shape index (κ2) is 8.99. The number of hydrogen-bond donors (Lipinski definition) is 0. The lowest BCUT2D eigenvalue weighted by atomic mass is 10.0. The molecule has 0 radical (unpaired) electrons. The van der Waals surface area contributed by atoms with Gasteiger partial charge in [-0.1, -0.05) is 17.7 Å². The molecule has 1 atom stereocenters. The quantitative estimate of drug-likeness (QED) is 0.711. The fourth-order valence-corrected chi connectivity index (χ4v) is 3.85. The number of benzene rings is 1. The predicted molar refractivity (Wildman–Crippen MR) is 103 cm³/mol. The number of hydrogen-bond acceptors (Lipinski definition) is 6. The molecule has 3 rings (SSSR count). The van der Waals surface area contributed by atoms with Gasteiger partial charge in [0.15, 0.2) is 0 Å². The van der Waals surface area contributed by atoms with Crippen molar-refractivity contribution in [3.63, 3.8) is 0 Å². The second-order valence-electron chi connectivity index (χ2n) is 6.63. The van der Waals surface area contributed by atoms with Gasteiger partial charge in [0.05, 0.1) is 19.2 Å². The van der Waals surface area contributed by atoms with Gasteiger partial charge in [-0.05, 0) is 38.3 Å². The number of aryl methyl sites for hydroxylation is 1. The van der Waals surface area contributed by atoms with Crippen molar-refractivity contribution in [2.75, 3.05) is 13.7 Å². The highest BCUT2D eigenvalue weighted by Crippen LogP contribution is 2.21. The Morgan fingerprint density at radius 1 is 1.26 bits per heavy atom. The van der Waals surface area contributed by atoms with Crippen LogP contribution < -0.4 is 4.74 Å². The highest BCUT2D eigenvalue weighted by atomic mass is 32.1. The lowest BCUT2D eigenvalue weighted by Gasteiger charge is -2.33. The highest BCUT2D eigenvalue weighted by molar-refractivity contribution is 7.09. The number of nitrogens with zero attached hydrogens (tertiary/aromatic N) is 2. The molecule has 1 aliphatic rings. The summed E-state index contributed by atoms with van der Waals surface area (Å²) in [6.45, 7) is 2.99. The Labute approximate surface area is 163 Å². The first kappa shape index (κ1) is 19.4. The molecule has 6 nitrogen and oxygen atoms in total. The van der Waals surface area contributed by atoms with Gasteiger partial charge in [0.1, 0.15) is 23.4 Å². The topological polar surface area (TPSA) is 68.7 Å².